The zero-order valence-electron chi connectivity index (χ0n) is 14.3. The highest BCUT2D eigenvalue weighted by Crippen LogP contribution is 2.10. The lowest BCUT2D eigenvalue weighted by Gasteiger charge is -2.18. The fraction of sp³-hybridized carbons (Fsp3) is 0.611. The molecule has 1 aromatic carbocycles. The maximum absolute atomic E-state index is 5.77. The quantitative estimate of drug-likeness (QED) is 0.570. The first-order valence-electron chi connectivity index (χ1n) is 8.45. The molecule has 1 heterocycles. The summed E-state index contributed by atoms with van der Waals surface area (Å²) in [6.07, 6.45) is 2.61. The largest absolute Gasteiger partial charge is 0.376 e. The second-order valence-electron chi connectivity index (χ2n) is 6.07. The lowest BCUT2D eigenvalue weighted by atomic mass is 10.2. The van der Waals surface area contributed by atoms with Crippen molar-refractivity contribution in [2.24, 2.45) is 10.9 Å². The molecule has 5 nitrogen and oxygen atoms in total. The summed E-state index contributed by atoms with van der Waals surface area (Å²) in [5.41, 5.74) is 1.21. The Morgan fingerprint density at radius 3 is 2.87 bits per heavy atom. The van der Waals surface area contributed by atoms with Crippen LogP contribution in [-0.2, 0) is 16.1 Å². The Morgan fingerprint density at radius 2 is 2.17 bits per heavy atom. The molecule has 1 aliphatic rings. The molecule has 2 N–H and O–H groups in total. The van der Waals surface area contributed by atoms with Gasteiger partial charge in [0.1, 0.15) is 0 Å². The molecule has 2 unspecified atom stereocenters. The molecule has 2 rings (SSSR count). The van der Waals surface area contributed by atoms with Gasteiger partial charge in [-0.1, -0.05) is 37.3 Å². The monoisotopic (exact) mass is 319 g/mol. The smallest absolute Gasteiger partial charge is 0.191 e. The zero-order valence-corrected chi connectivity index (χ0v) is 14.3. The normalized spacial score (nSPS) is 19.6. The maximum atomic E-state index is 5.77. The molecule has 1 aromatic rings. The summed E-state index contributed by atoms with van der Waals surface area (Å²) < 4.78 is 11.4. The molecule has 2 atom stereocenters. The minimum absolute atomic E-state index is 0.320. The van der Waals surface area contributed by atoms with E-state index in [0.29, 0.717) is 18.6 Å². The molecule has 0 saturated carbocycles. The molecule has 1 fully saturated rings. The Labute approximate surface area is 139 Å². The summed E-state index contributed by atoms with van der Waals surface area (Å²) in [6.45, 7) is 6.10. The summed E-state index contributed by atoms with van der Waals surface area (Å²) >= 11 is 0. The van der Waals surface area contributed by atoms with Crippen molar-refractivity contribution in [2.75, 3.05) is 33.4 Å². The first-order chi connectivity index (χ1) is 11.3. The Bertz CT molecular complexity index is 459. The van der Waals surface area contributed by atoms with E-state index >= 15 is 0 Å². The van der Waals surface area contributed by atoms with Crippen LogP contribution >= 0.6 is 0 Å². The Morgan fingerprint density at radius 1 is 1.35 bits per heavy atom. The predicted octanol–water partition coefficient (Wildman–Crippen LogP) is 2.18. The molecule has 0 aliphatic carbocycles. The van der Waals surface area contributed by atoms with E-state index in [0.717, 1.165) is 45.1 Å². The topological polar surface area (TPSA) is 54.9 Å². The average molecular weight is 319 g/mol. The highest BCUT2D eigenvalue weighted by molar-refractivity contribution is 5.79. The average Bonchev–Trinajstić information content (AvgIpc) is 3.09. The van der Waals surface area contributed by atoms with Crippen molar-refractivity contribution < 1.29 is 9.47 Å². The number of nitrogens with one attached hydrogen (secondary N) is 2. The number of ether oxygens (including phenoxy) is 2. The van der Waals surface area contributed by atoms with Crippen LogP contribution in [0.25, 0.3) is 0 Å². The van der Waals surface area contributed by atoms with Crippen LogP contribution in [-0.4, -0.2) is 45.4 Å². The predicted molar refractivity (Wildman–Crippen MR) is 93.6 cm³/mol. The van der Waals surface area contributed by atoms with Crippen molar-refractivity contribution in [2.45, 2.75) is 32.5 Å². The molecule has 1 aliphatic heterocycles. The number of aliphatic imine (C=N–C) groups is 1. The van der Waals surface area contributed by atoms with Gasteiger partial charge in [0.05, 0.1) is 19.3 Å². The molecular weight excluding hydrogens is 290 g/mol. The van der Waals surface area contributed by atoms with Crippen molar-refractivity contribution >= 4 is 5.96 Å². The standard InChI is InChI=1S/C18H29N3O2/c1-15(13-22-14-16-7-4-3-5-8-16)11-20-18(19-2)21-12-17-9-6-10-23-17/h3-5,7-8,15,17H,6,9-14H2,1-2H3,(H2,19,20,21). The molecule has 0 radical (unpaired) electrons. The van der Waals surface area contributed by atoms with Gasteiger partial charge < -0.3 is 20.1 Å². The van der Waals surface area contributed by atoms with Crippen LogP contribution in [0.15, 0.2) is 35.3 Å². The van der Waals surface area contributed by atoms with Gasteiger partial charge in [0.2, 0.25) is 0 Å². The molecule has 0 aromatic heterocycles. The van der Waals surface area contributed by atoms with Gasteiger partial charge in [0.25, 0.3) is 0 Å². The second kappa shape index (κ2) is 10.2. The van der Waals surface area contributed by atoms with Gasteiger partial charge in [-0.25, -0.2) is 0 Å². The van der Waals surface area contributed by atoms with Gasteiger partial charge in [0, 0.05) is 26.7 Å². The molecule has 0 amide bonds. The zero-order chi connectivity index (χ0) is 16.3. The Kier molecular flexibility index (Phi) is 7.90. The molecule has 5 heteroatoms. The summed E-state index contributed by atoms with van der Waals surface area (Å²) in [7, 11) is 1.79. The molecular formula is C18H29N3O2. The Balaban J connectivity index is 1.57. The van der Waals surface area contributed by atoms with Crippen LogP contribution in [0.2, 0.25) is 0 Å². The van der Waals surface area contributed by atoms with Crippen LogP contribution in [0.1, 0.15) is 25.3 Å². The third-order valence-corrected chi connectivity index (χ3v) is 3.88. The van der Waals surface area contributed by atoms with Gasteiger partial charge in [0.15, 0.2) is 5.96 Å². The van der Waals surface area contributed by atoms with Crippen molar-refractivity contribution in [1.82, 2.24) is 10.6 Å². The third kappa shape index (κ3) is 7.01. The molecule has 0 spiro atoms. The van der Waals surface area contributed by atoms with Crippen LogP contribution in [0.3, 0.4) is 0 Å². The van der Waals surface area contributed by atoms with E-state index in [1.165, 1.54) is 5.56 Å². The molecule has 23 heavy (non-hydrogen) atoms. The van der Waals surface area contributed by atoms with Crippen molar-refractivity contribution in [3.63, 3.8) is 0 Å². The summed E-state index contributed by atoms with van der Waals surface area (Å²) in [6, 6.07) is 10.3. The van der Waals surface area contributed by atoms with Crippen LogP contribution in [0.5, 0.6) is 0 Å². The van der Waals surface area contributed by atoms with Crippen LogP contribution < -0.4 is 10.6 Å². The van der Waals surface area contributed by atoms with Crippen LogP contribution in [0.4, 0.5) is 0 Å². The van der Waals surface area contributed by atoms with E-state index < -0.39 is 0 Å². The lowest BCUT2D eigenvalue weighted by Crippen LogP contribution is -2.42. The lowest BCUT2D eigenvalue weighted by molar-refractivity contribution is 0.0930. The van der Waals surface area contributed by atoms with Crippen molar-refractivity contribution in [3.8, 4) is 0 Å². The number of rotatable bonds is 8. The maximum Gasteiger partial charge on any atom is 0.191 e. The fourth-order valence-electron chi connectivity index (χ4n) is 2.52. The minimum atomic E-state index is 0.320. The van der Waals surface area contributed by atoms with E-state index in [1.54, 1.807) is 7.05 Å². The van der Waals surface area contributed by atoms with Gasteiger partial charge in [-0.05, 0) is 24.3 Å². The minimum Gasteiger partial charge on any atom is -0.376 e. The number of hydrogen-bond donors (Lipinski definition) is 2. The molecule has 0 bridgehead atoms. The first-order valence-corrected chi connectivity index (χ1v) is 8.45. The van der Waals surface area contributed by atoms with Gasteiger partial charge in [-0.2, -0.15) is 0 Å². The van der Waals surface area contributed by atoms with Gasteiger partial charge >= 0.3 is 0 Å². The third-order valence-electron chi connectivity index (χ3n) is 3.88. The number of nitrogens with zero attached hydrogens (tertiary/aromatic N) is 1. The fourth-order valence-corrected chi connectivity index (χ4v) is 2.52. The first kappa shape index (κ1) is 17.8. The van der Waals surface area contributed by atoms with Crippen molar-refractivity contribution in [1.29, 1.82) is 0 Å². The molecule has 128 valence electrons. The van der Waals surface area contributed by atoms with E-state index in [1.807, 2.05) is 18.2 Å². The Hall–Kier alpha value is -1.59. The number of benzene rings is 1. The highest BCUT2D eigenvalue weighted by Gasteiger charge is 2.15. The van der Waals surface area contributed by atoms with E-state index in [2.05, 4.69) is 34.7 Å². The van der Waals surface area contributed by atoms with E-state index in [4.69, 9.17) is 9.47 Å². The van der Waals surface area contributed by atoms with Crippen molar-refractivity contribution in [3.05, 3.63) is 35.9 Å². The summed E-state index contributed by atoms with van der Waals surface area (Å²) in [5, 5.41) is 6.67. The summed E-state index contributed by atoms with van der Waals surface area (Å²) in [4.78, 5) is 4.25. The van der Waals surface area contributed by atoms with Gasteiger partial charge in [-0.15, -0.1) is 0 Å². The van der Waals surface area contributed by atoms with Crippen LogP contribution in [0, 0.1) is 5.92 Å². The van der Waals surface area contributed by atoms with E-state index in [9.17, 15) is 0 Å². The van der Waals surface area contributed by atoms with Gasteiger partial charge in [-0.3, -0.25) is 4.99 Å². The summed E-state index contributed by atoms with van der Waals surface area (Å²) in [5.74, 6) is 1.25. The number of guanidine groups is 1. The highest BCUT2D eigenvalue weighted by atomic mass is 16.5. The molecule has 1 saturated heterocycles. The number of hydrogen-bond acceptors (Lipinski definition) is 3. The SMILES string of the molecule is CN=C(NCC(C)COCc1ccccc1)NCC1CCCO1. The van der Waals surface area contributed by atoms with E-state index in [-0.39, 0.29) is 0 Å². The second-order valence-corrected chi connectivity index (χ2v) is 6.07.